The van der Waals surface area contributed by atoms with E-state index in [0.717, 1.165) is 96.9 Å². The average Bonchev–Trinajstić information content (AvgIpc) is 2.61. The lowest BCUT2D eigenvalue weighted by atomic mass is 10.3. The van der Waals surface area contributed by atoms with E-state index in [1.165, 1.54) is 0 Å². The molecule has 2 N–H and O–H groups in total. The van der Waals surface area contributed by atoms with Gasteiger partial charge in [-0.1, -0.05) is 40.0 Å². The number of hydrogen-bond donors (Lipinski definition) is 1. The Morgan fingerprint density at radius 2 is 1.08 bits per heavy atom. The third-order valence-corrected chi connectivity index (χ3v) is 6.87. The summed E-state index contributed by atoms with van der Waals surface area (Å²) >= 11 is 0. The molecule has 0 fully saturated rings. The summed E-state index contributed by atoms with van der Waals surface area (Å²) in [6.07, 6.45) is 9.54. The molecule has 0 saturated heterocycles. The number of hydrogen-bond acceptors (Lipinski definition) is 5. The fourth-order valence-electron chi connectivity index (χ4n) is 2.29. The zero-order chi connectivity index (χ0) is 18.6. The van der Waals surface area contributed by atoms with Gasteiger partial charge in [0, 0.05) is 39.1 Å². The number of ether oxygens (including phenoxy) is 1. The second-order valence-electron chi connectivity index (χ2n) is 6.50. The Balaban J connectivity index is 4.43. The second kappa shape index (κ2) is 18.8. The molecular weight excluding hydrogens is 334 g/mol. The van der Waals surface area contributed by atoms with Gasteiger partial charge in [-0.2, -0.15) is 0 Å². The van der Waals surface area contributed by atoms with Gasteiger partial charge in [-0.3, -0.25) is 0 Å². The fraction of sp³-hybridized carbons (Fsp3) is 1.00. The molecule has 0 aliphatic carbocycles. The van der Waals surface area contributed by atoms with E-state index in [0.29, 0.717) is 6.54 Å². The largest absolute Gasteiger partial charge is 0.500 e. The molecule has 0 unspecified atom stereocenters. The van der Waals surface area contributed by atoms with Crippen LogP contribution in [0.4, 0.5) is 0 Å². The highest BCUT2D eigenvalue weighted by atomic mass is 28.4. The maximum atomic E-state index is 6.25. The Bertz CT molecular complexity index is 243. The van der Waals surface area contributed by atoms with Crippen LogP contribution in [0, 0.1) is 0 Å². The van der Waals surface area contributed by atoms with E-state index >= 15 is 0 Å². The zero-order valence-corrected chi connectivity index (χ0v) is 18.0. The maximum absolute atomic E-state index is 6.25. The first-order chi connectivity index (χ1) is 12.2. The average molecular weight is 378 g/mol. The van der Waals surface area contributed by atoms with Gasteiger partial charge in [0.15, 0.2) is 0 Å². The van der Waals surface area contributed by atoms with Crippen molar-refractivity contribution in [3.05, 3.63) is 0 Å². The first-order valence-corrected chi connectivity index (χ1v) is 12.4. The molecule has 6 heteroatoms. The van der Waals surface area contributed by atoms with Gasteiger partial charge in [-0.25, -0.2) is 0 Å². The van der Waals surface area contributed by atoms with Gasteiger partial charge >= 0.3 is 8.80 Å². The van der Waals surface area contributed by atoms with Crippen molar-refractivity contribution in [1.82, 2.24) is 0 Å². The summed E-state index contributed by atoms with van der Waals surface area (Å²) in [5.41, 5.74) is 5.48. The SMILES string of the molecule is CCCCO[Si](CCCCOCCCN)(OCCCC)OCCCC. The van der Waals surface area contributed by atoms with Crippen LogP contribution in [0.15, 0.2) is 0 Å². The fourth-order valence-corrected chi connectivity index (χ4v) is 5.02. The van der Waals surface area contributed by atoms with Crippen LogP contribution >= 0.6 is 0 Å². The van der Waals surface area contributed by atoms with E-state index in [4.69, 9.17) is 23.7 Å². The molecule has 0 radical (unpaired) electrons. The van der Waals surface area contributed by atoms with E-state index in [1.807, 2.05) is 0 Å². The summed E-state index contributed by atoms with van der Waals surface area (Å²) in [6.45, 7) is 11.0. The lowest BCUT2D eigenvalue weighted by molar-refractivity contribution is 0.0547. The van der Waals surface area contributed by atoms with Crippen LogP contribution < -0.4 is 5.73 Å². The molecule has 0 atom stereocenters. The minimum Gasteiger partial charge on any atom is -0.381 e. The van der Waals surface area contributed by atoms with Crippen molar-refractivity contribution in [1.29, 1.82) is 0 Å². The Morgan fingerprint density at radius 1 is 0.600 bits per heavy atom. The highest BCUT2D eigenvalue weighted by Crippen LogP contribution is 2.21. The van der Waals surface area contributed by atoms with Crippen LogP contribution in [0.2, 0.25) is 6.04 Å². The van der Waals surface area contributed by atoms with Crippen molar-refractivity contribution >= 4 is 8.80 Å². The van der Waals surface area contributed by atoms with Crippen LogP contribution in [-0.2, 0) is 18.0 Å². The summed E-state index contributed by atoms with van der Waals surface area (Å²) in [7, 11) is -2.56. The standard InChI is InChI=1S/C19H43NO4Si/c1-4-7-16-22-25(23-17-8-5-2,24-18-9-6-3)19-11-10-14-21-15-12-13-20/h4-20H2,1-3H3. The molecule has 0 aromatic rings. The lowest BCUT2D eigenvalue weighted by Gasteiger charge is -2.30. The predicted octanol–water partition coefficient (Wildman–Crippen LogP) is 4.52. The van der Waals surface area contributed by atoms with Gasteiger partial charge in [-0.15, -0.1) is 0 Å². The molecule has 0 aromatic heterocycles. The molecule has 0 spiro atoms. The molecule has 5 nitrogen and oxygen atoms in total. The molecule has 0 aromatic carbocycles. The minimum atomic E-state index is -2.56. The number of nitrogens with two attached hydrogens (primary N) is 1. The Labute approximate surface area is 157 Å². The number of rotatable bonds is 20. The minimum absolute atomic E-state index is 0.692. The van der Waals surface area contributed by atoms with Crippen LogP contribution in [-0.4, -0.2) is 48.4 Å². The molecule has 0 aliphatic rings. The summed E-state index contributed by atoms with van der Waals surface area (Å²) in [5, 5.41) is 0. The summed E-state index contributed by atoms with van der Waals surface area (Å²) in [6, 6.07) is 0.893. The van der Waals surface area contributed by atoms with Crippen LogP contribution in [0.25, 0.3) is 0 Å². The van der Waals surface area contributed by atoms with E-state index in [1.54, 1.807) is 0 Å². The monoisotopic (exact) mass is 377 g/mol. The first-order valence-electron chi connectivity index (χ1n) is 10.4. The molecule has 0 amide bonds. The summed E-state index contributed by atoms with van der Waals surface area (Å²) < 4.78 is 24.3. The molecule has 0 bridgehead atoms. The Morgan fingerprint density at radius 3 is 1.52 bits per heavy atom. The zero-order valence-electron chi connectivity index (χ0n) is 17.0. The van der Waals surface area contributed by atoms with Gasteiger partial charge in [-0.05, 0) is 45.1 Å². The van der Waals surface area contributed by atoms with Crippen molar-refractivity contribution in [3.8, 4) is 0 Å². The van der Waals surface area contributed by atoms with E-state index in [2.05, 4.69) is 20.8 Å². The lowest BCUT2D eigenvalue weighted by Crippen LogP contribution is -2.46. The van der Waals surface area contributed by atoms with E-state index in [-0.39, 0.29) is 0 Å². The molecule has 0 aliphatic heterocycles. The number of unbranched alkanes of at least 4 members (excludes halogenated alkanes) is 4. The van der Waals surface area contributed by atoms with Crippen molar-refractivity contribution in [2.75, 3.05) is 39.6 Å². The Kier molecular flexibility index (Phi) is 18.8. The van der Waals surface area contributed by atoms with Gasteiger partial charge < -0.3 is 23.7 Å². The molecule has 25 heavy (non-hydrogen) atoms. The van der Waals surface area contributed by atoms with Gasteiger partial charge in [0.2, 0.25) is 0 Å². The summed E-state index contributed by atoms with van der Waals surface area (Å²) in [5.74, 6) is 0. The van der Waals surface area contributed by atoms with Crippen molar-refractivity contribution in [3.63, 3.8) is 0 Å². The second-order valence-corrected chi connectivity index (χ2v) is 9.23. The smallest absolute Gasteiger partial charge is 0.381 e. The van der Waals surface area contributed by atoms with Crippen molar-refractivity contribution in [2.24, 2.45) is 5.73 Å². The molecule has 0 rings (SSSR count). The third kappa shape index (κ3) is 14.8. The third-order valence-electron chi connectivity index (χ3n) is 3.97. The van der Waals surface area contributed by atoms with E-state index < -0.39 is 8.80 Å². The predicted molar refractivity (Wildman–Crippen MR) is 107 cm³/mol. The van der Waals surface area contributed by atoms with Gasteiger partial charge in [0.1, 0.15) is 0 Å². The van der Waals surface area contributed by atoms with Crippen molar-refractivity contribution in [2.45, 2.75) is 84.6 Å². The van der Waals surface area contributed by atoms with Gasteiger partial charge in [0.05, 0.1) is 0 Å². The quantitative estimate of drug-likeness (QED) is 0.250. The highest BCUT2D eigenvalue weighted by Gasteiger charge is 2.40. The van der Waals surface area contributed by atoms with Crippen LogP contribution in [0.5, 0.6) is 0 Å². The topological polar surface area (TPSA) is 62.9 Å². The summed E-state index contributed by atoms with van der Waals surface area (Å²) in [4.78, 5) is 0. The van der Waals surface area contributed by atoms with E-state index in [9.17, 15) is 0 Å². The Hall–Kier alpha value is 0.0169. The molecular formula is C19H43NO4Si. The molecule has 152 valence electrons. The van der Waals surface area contributed by atoms with Crippen molar-refractivity contribution < 1.29 is 18.0 Å². The van der Waals surface area contributed by atoms with Crippen LogP contribution in [0.3, 0.4) is 0 Å². The van der Waals surface area contributed by atoms with Crippen LogP contribution in [0.1, 0.15) is 78.6 Å². The maximum Gasteiger partial charge on any atom is 0.500 e. The highest BCUT2D eigenvalue weighted by molar-refractivity contribution is 6.60. The first kappa shape index (κ1) is 25.0. The molecule has 0 saturated carbocycles. The molecule has 0 heterocycles. The van der Waals surface area contributed by atoms with Gasteiger partial charge in [0.25, 0.3) is 0 Å². The normalized spacial score (nSPS) is 12.0.